The van der Waals surface area contributed by atoms with E-state index in [1.165, 1.54) is 6.08 Å². The lowest BCUT2D eigenvalue weighted by Gasteiger charge is -2.33. The van der Waals surface area contributed by atoms with E-state index in [1.54, 1.807) is 32.1 Å². The molecular formula is C21H18O4. The Morgan fingerprint density at radius 3 is 2.60 bits per heavy atom. The molecule has 126 valence electrons. The Morgan fingerprint density at radius 2 is 1.92 bits per heavy atom. The molecule has 0 radical (unpaired) electrons. The monoisotopic (exact) mass is 334 g/mol. The van der Waals surface area contributed by atoms with Crippen molar-refractivity contribution in [3.05, 3.63) is 88.9 Å². The molecule has 1 heterocycles. The van der Waals surface area contributed by atoms with Crippen molar-refractivity contribution >= 4 is 17.6 Å². The van der Waals surface area contributed by atoms with Gasteiger partial charge in [-0.05, 0) is 37.6 Å². The van der Waals surface area contributed by atoms with Crippen LogP contribution in [0.25, 0.3) is 6.08 Å². The van der Waals surface area contributed by atoms with E-state index in [9.17, 15) is 14.7 Å². The molecule has 1 aromatic carbocycles. The second-order valence-corrected chi connectivity index (χ2v) is 6.42. The van der Waals surface area contributed by atoms with E-state index in [-0.39, 0.29) is 22.7 Å². The van der Waals surface area contributed by atoms with Crippen LogP contribution in [0, 0.1) is 0 Å². The Balaban J connectivity index is 2.07. The first kappa shape index (κ1) is 16.7. The van der Waals surface area contributed by atoms with Gasteiger partial charge >= 0.3 is 0 Å². The summed E-state index contributed by atoms with van der Waals surface area (Å²) in [5.41, 5.74) is 0.241. The van der Waals surface area contributed by atoms with Gasteiger partial charge < -0.3 is 9.84 Å². The lowest BCUT2D eigenvalue weighted by atomic mass is 9.86. The van der Waals surface area contributed by atoms with E-state index in [1.807, 2.05) is 30.3 Å². The van der Waals surface area contributed by atoms with E-state index < -0.39 is 17.2 Å². The van der Waals surface area contributed by atoms with Gasteiger partial charge in [0.1, 0.15) is 22.7 Å². The Hall–Kier alpha value is -3.14. The normalized spacial score (nSPS) is 19.3. The second-order valence-electron chi connectivity index (χ2n) is 6.42. The van der Waals surface area contributed by atoms with E-state index in [4.69, 9.17) is 4.74 Å². The molecule has 1 N–H and O–H groups in total. The van der Waals surface area contributed by atoms with Gasteiger partial charge in [-0.1, -0.05) is 43.0 Å². The zero-order valence-corrected chi connectivity index (χ0v) is 14.1. The zero-order chi connectivity index (χ0) is 18.2. The molecule has 0 saturated heterocycles. The molecule has 0 bridgehead atoms. The Kier molecular flexibility index (Phi) is 4.05. The lowest BCUT2D eigenvalue weighted by Crippen LogP contribution is -2.31. The van der Waals surface area contributed by atoms with Crippen LogP contribution in [0.5, 0.6) is 0 Å². The van der Waals surface area contributed by atoms with Gasteiger partial charge in [-0.15, -0.1) is 0 Å². The Labute approximate surface area is 146 Å². The van der Waals surface area contributed by atoms with Crippen LogP contribution in [0.2, 0.25) is 0 Å². The average molecular weight is 334 g/mol. The molecule has 0 atom stereocenters. The fourth-order valence-corrected chi connectivity index (χ4v) is 2.65. The predicted molar refractivity (Wildman–Crippen MR) is 95.6 cm³/mol. The van der Waals surface area contributed by atoms with Crippen LogP contribution in [-0.4, -0.2) is 22.3 Å². The number of fused-ring (bicyclic) bond motifs is 1. The number of Topliss-reactive ketones (excluding diaryl/α,β-unsaturated/α-hetero) is 1. The summed E-state index contributed by atoms with van der Waals surface area (Å²) < 4.78 is 5.81. The smallest absolute Gasteiger partial charge is 0.203 e. The minimum Gasteiger partial charge on any atom is -0.506 e. The molecule has 2 aliphatic rings. The summed E-state index contributed by atoms with van der Waals surface area (Å²) in [6.45, 7) is 7.21. The number of rotatable bonds is 3. The van der Waals surface area contributed by atoms with E-state index >= 15 is 0 Å². The van der Waals surface area contributed by atoms with Gasteiger partial charge in [0, 0.05) is 0 Å². The first-order chi connectivity index (χ1) is 11.8. The van der Waals surface area contributed by atoms with Gasteiger partial charge in [0.2, 0.25) is 5.78 Å². The predicted octanol–water partition coefficient (Wildman–Crippen LogP) is 3.84. The highest BCUT2D eigenvalue weighted by molar-refractivity contribution is 6.32. The maximum Gasteiger partial charge on any atom is 0.203 e. The summed E-state index contributed by atoms with van der Waals surface area (Å²) >= 11 is 0. The number of hydrogen-bond donors (Lipinski definition) is 1. The van der Waals surface area contributed by atoms with Crippen LogP contribution in [0.4, 0.5) is 0 Å². The molecule has 1 aliphatic carbocycles. The van der Waals surface area contributed by atoms with Crippen molar-refractivity contribution in [1.82, 2.24) is 0 Å². The van der Waals surface area contributed by atoms with Crippen molar-refractivity contribution < 1.29 is 19.4 Å². The number of allylic oxidation sites excluding steroid dienone is 4. The number of carbonyl (C=O) groups excluding carboxylic acids is 2. The number of aliphatic hydroxyl groups is 1. The molecule has 0 saturated carbocycles. The molecule has 1 aliphatic heterocycles. The van der Waals surface area contributed by atoms with Gasteiger partial charge in [-0.3, -0.25) is 9.59 Å². The minimum absolute atomic E-state index is 0.102. The molecule has 0 amide bonds. The van der Waals surface area contributed by atoms with Crippen LogP contribution < -0.4 is 0 Å². The maximum absolute atomic E-state index is 12.7. The quantitative estimate of drug-likeness (QED) is 0.674. The van der Waals surface area contributed by atoms with Crippen molar-refractivity contribution in [1.29, 1.82) is 0 Å². The standard InChI is InChI=1S/C21H18O4/c1-13-18(23)15-11-12-21(2,3)25-20(15)17(19(13)24)16(22)10-9-14-7-5-4-6-8-14/h4-12,23H,1H2,2-3H3/b10-9+. The number of ketones is 2. The highest BCUT2D eigenvalue weighted by atomic mass is 16.5. The van der Waals surface area contributed by atoms with Gasteiger partial charge in [-0.25, -0.2) is 0 Å². The molecule has 3 rings (SSSR count). The van der Waals surface area contributed by atoms with Gasteiger partial charge in [0.25, 0.3) is 0 Å². The van der Waals surface area contributed by atoms with Crippen molar-refractivity contribution in [3.8, 4) is 0 Å². The van der Waals surface area contributed by atoms with E-state index in [0.29, 0.717) is 5.57 Å². The van der Waals surface area contributed by atoms with Crippen LogP contribution >= 0.6 is 0 Å². The summed E-state index contributed by atoms with van der Waals surface area (Å²) in [4.78, 5) is 25.2. The summed E-state index contributed by atoms with van der Waals surface area (Å²) in [6, 6.07) is 9.29. The summed E-state index contributed by atoms with van der Waals surface area (Å²) in [7, 11) is 0. The molecular weight excluding hydrogens is 316 g/mol. The van der Waals surface area contributed by atoms with Crippen molar-refractivity contribution in [2.24, 2.45) is 0 Å². The van der Waals surface area contributed by atoms with Crippen LogP contribution in [0.15, 0.2) is 83.4 Å². The second kappa shape index (κ2) is 6.06. The lowest BCUT2D eigenvalue weighted by molar-refractivity contribution is -0.118. The molecule has 4 nitrogen and oxygen atoms in total. The summed E-state index contributed by atoms with van der Waals surface area (Å²) in [5.74, 6) is -1.26. The number of ether oxygens (including phenoxy) is 1. The number of aliphatic hydroxyl groups excluding tert-OH is 1. The fraction of sp³-hybridized carbons (Fsp3) is 0.143. The van der Waals surface area contributed by atoms with Crippen molar-refractivity contribution in [2.45, 2.75) is 19.4 Å². The molecule has 4 heteroatoms. The third-order valence-electron chi connectivity index (χ3n) is 4.00. The number of benzene rings is 1. The van der Waals surface area contributed by atoms with Gasteiger partial charge in [0.15, 0.2) is 5.78 Å². The van der Waals surface area contributed by atoms with Crippen LogP contribution in [0.1, 0.15) is 19.4 Å². The van der Waals surface area contributed by atoms with E-state index in [0.717, 1.165) is 5.56 Å². The Morgan fingerprint density at radius 1 is 1.24 bits per heavy atom. The van der Waals surface area contributed by atoms with Gasteiger partial charge in [0.05, 0.1) is 11.1 Å². The molecule has 0 spiro atoms. The first-order valence-corrected chi connectivity index (χ1v) is 7.88. The fourth-order valence-electron chi connectivity index (χ4n) is 2.65. The molecule has 0 aromatic heterocycles. The molecule has 25 heavy (non-hydrogen) atoms. The van der Waals surface area contributed by atoms with Crippen LogP contribution in [0.3, 0.4) is 0 Å². The van der Waals surface area contributed by atoms with Gasteiger partial charge in [-0.2, -0.15) is 0 Å². The third-order valence-corrected chi connectivity index (χ3v) is 4.00. The highest BCUT2D eigenvalue weighted by Gasteiger charge is 2.38. The first-order valence-electron chi connectivity index (χ1n) is 7.88. The third kappa shape index (κ3) is 3.11. The topological polar surface area (TPSA) is 63.6 Å². The Bertz CT molecular complexity index is 893. The van der Waals surface area contributed by atoms with Crippen molar-refractivity contribution in [2.75, 3.05) is 0 Å². The highest BCUT2D eigenvalue weighted by Crippen LogP contribution is 2.38. The maximum atomic E-state index is 12.7. The number of carbonyl (C=O) groups is 2. The zero-order valence-electron chi connectivity index (χ0n) is 14.1. The van der Waals surface area contributed by atoms with Crippen LogP contribution in [-0.2, 0) is 14.3 Å². The largest absolute Gasteiger partial charge is 0.506 e. The molecule has 1 aromatic rings. The summed E-state index contributed by atoms with van der Waals surface area (Å²) in [5, 5.41) is 10.2. The number of hydrogen-bond acceptors (Lipinski definition) is 4. The summed E-state index contributed by atoms with van der Waals surface area (Å²) in [6.07, 6.45) is 6.37. The van der Waals surface area contributed by atoms with Crippen molar-refractivity contribution in [3.63, 3.8) is 0 Å². The molecule has 0 fully saturated rings. The van der Waals surface area contributed by atoms with E-state index in [2.05, 4.69) is 6.58 Å². The minimum atomic E-state index is -0.688. The SMILES string of the molecule is C=C1C(=O)C(C(=O)/C=C/c2ccccc2)=C2OC(C)(C)C=CC2=C1O. The molecule has 0 unspecified atom stereocenters. The average Bonchev–Trinajstić information content (AvgIpc) is 2.58.